The predicted molar refractivity (Wildman–Crippen MR) is 86.3 cm³/mol. The maximum Gasteiger partial charge on any atom is 0.338 e. The predicted octanol–water partition coefficient (Wildman–Crippen LogP) is 4.69. The largest absolute Gasteiger partial charge is 0.459 e. The molecule has 3 nitrogen and oxygen atoms in total. The molecule has 0 atom stereocenters. The Morgan fingerprint density at radius 3 is 2.60 bits per heavy atom. The van der Waals surface area contributed by atoms with E-state index in [1.165, 1.54) is 5.56 Å². The Balaban J connectivity index is 1.93. The van der Waals surface area contributed by atoms with Crippen LogP contribution in [0.2, 0.25) is 0 Å². The third kappa shape index (κ3) is 4.35. The molecule has 0 amide bonds. The van der Waals surface area contributed by atoms with Crippen LogP contribution in [0.3, 0.4) is 0 Å². The normalized spacial score (nSPS) is 10.6. The van der Waals surface area contributed by atoms with Crippen LogP contribution in [0.1, 0.15) is 29.8 Å². The Morgan fingerprint density at radius 2 is 2.05 bits per heavy atom. The summed E-state index contributed by atoms with van der Waals surface area (Å²) in [5.74, 6) is -0.284. The van der Waals surface area contributed by atoms with Gasteiger partial charge in [-0.2, -0.15) is 0 Å². The van der Waals surface area contributed by atoms with Gasteiger partial charge in [-0.25, -0.2) is 4.79 Å². The van der Waals surface area contributed by atoms with Gasteiger partial charge in [0.05, 0.1) is 15.5 Å². The summed E-state index contributed by atoms with van der Waals surface area (Å²) in [6.07, 6.45) is -0.0997. The fraction of sp³-hybridized carbons (Fsp3) is 0.267. The zero-order valence-electron chi connectivity index (χ0n) is 11.4. The molecule has 20 heavy (non-hydrogen) atoms. The van der Waals surface area contributed by atoms with Gasteiger partial charge in [0.25, 0.3) is 0 Å². The first-order valence-electron chi connectivity index (χ1n) is 6.32. The van der Waals surface area contributed by atoms with Gasteiger partial charge in [-0.05, 0) is 71.1 Å². The molecule has 1 N–H and O–H groups in total. The first-order chi connectivity index (χ1) is 9.54. The number of hydrogen-bond donors (Lipinski definition) is 1. The molecular weight excluding hydrogens is 338 g/mol. The lowest BCUT2D eigenvalue weighted by Gasteiger charge is -2.09. The second kappa shape index (κ2) is 6.90. The second-order valence-corrected chi connectivity index (χ2v) is 6.93. The smallest absolute Gasteiger partial charge is 0.338 e. The molecular formula is C15H16BrNO2S. The molecule has 1 aromatic heterocycles. The summed E-state index contributed by atoms with van der Waals surface area (Å²) >= 11 is 5.11. The molecule has 0 saturated carbocycles. The fourth-order valence-electron chi connectivity index (χ4n) is 1.65. The van der Waals surface area contributed by atoms with Gasteiger partial charge in [0, 0.05) is 12.2 Å². The second-order valence-electron chi connectivity index (χ2n) is 4.64. The number of nitrogens with one attached hydrogen (secondary N) is 1. The van der Waals surface area contributed by atoms with Gasteiger partial charge in [-0.15, -0.1) is 11.3 Å². The van der Waals surface area contributed by atoms with Crippen molar-refractivity contribution < 1.29 is 9.53 Å². The van der Waals surface area contributed by atoms with Crippen molar-refractivity contribution in [1.29, 1.82) is 0 Å². The Kier molecular flexibility index (Phi) is 5.20. The number of halogens is 1. The van der Waals surface area contributed by atoms with Crippen LogP contribution in [0.15, 0.2) is 39.5 Å². The highest BCUT2D eigenvalue weighted by molar-refractivity contribution is 9.11. The summed E-state index contributed by atoms with van der Waals surface area (Å²) in [6.45, 7) is 4.44. The third-order valence-electron chi connectivity index (χ3n) is 2.58. The van der Waals surface area contributed by atoms with Crippen LogP contribution in [0.4, 0.5) is 5.69 Å². The van der Waals surface area contributed by atoms with Crippen LogP contribution in [0.25, 0.3) is 0 Å². The van der Waals surface area contributed by atoms with Crippen LogP contribution in [-0.2, 0) is 11.3 Å². The molecule has 0 aliphatic heterocycles. The maximum absolute atomic E-state index is 11.7. The first kappa shape index (κ1) is 15.1. The van der Waals surface area contributed by atoms with Crippen LogP contribution in [-0.4, -0.2) is 12.1 Å². The Labute approximate surface area is 131 Å². The maximum atomic E-state index is 11.7. The number of carbonyl (C=O) groups excluding carboxylic acids is 1. The van der Waals surface area contributed by atoms with Crippen LogP contribution in [0.5, 0.6) is 0 Å². The fourth-order valence-corrected chi connectivity index (χ4v) is 2.86. The summed E-state index contributed by atoms with van der Waals surface area (Å²) in [7, 11) is 0. The molecule has 1 heterocycles. The molecule has 0 bridgehead atoms. The van der Waals surface area contributed by atoms with E-state index in [0.29, 0.717) is 5.56 Å². The first-order valence-corrected chi connectivity index (χ1v) is 7.99. The number of thiophene rings is 1. The van der Waals surface area contributed by atoms with Gasteiger partial charge in [-0.3, -0.25) is 0 Å². The van der Waals surface area contributed by atoms with Crippen molar-refractivity contribution in [2.45, 2.75) is 26.5 Å². The van der Waals surface area contributed by atoms with Gasteiger partial charge in [-0.1, -0.05) is 0 Å². The number of ether oxygens (including phenoxy) is 1. The quantitative estimate of drug-likeness (QED) is 0.792. The van der Waals surface area contributed by atoms with E-state index in [1.807, 2.05) is 26.0 Å². The van der Waals surface area contributed by atoms with Gasteiger partial charge in [0.1, 0.15) is 0 Å². The average Bonchev–Trinajstić information content (AvgIpc) is 2.82. The number of rotatable bonds is 5. The van der Waals surface area contributed by atoms with Crippen molar-refractivity contribution in [3.05, 3.63) is 50.6 Å². The molecule has 1 aromatic carbocycles. The summed E-state index contributed by atoms with van der Waals surface area (Å²) in [5.41, 5.74) is 2.78. The number of hydrogen-bond acceptors (Lipinski definition) is 4. The van der Waals surface area contributed by atoms with Gasteiger partial charge >= 0.3 is 5.97 Å². The van der Waals surface area contributed by atoms with E-state index in [-0.39, 0.29) is 12.1 Å². The zero-order chi connectivity index (χ0) is 14.5. The molecule has 5 heteroatoms. The molecule has 0 aliphatic rings. The minimum absolute atomic E-state index is 0.0997. The highest BCUT2D eigenvalue weighted by atomic mass is 79.9. The summed E-state index contributed by atoms with van der Waals surface area (Å²) in [4.78, 5) is 11.7. The SMILES string of the molecule is CC(C)OC(=O)c1ccc(NCc2csc(Br)c2)cc1. The topological polar surface area (TPSA) is 38.3 Å². The number of esters is 1. The third-order valence-corrected chi connectivity index (χ3v) is 4.14. The van der Waals surface area contributed by atoms with E-state index >= 15 is 0 Å². The molecule has 0 aliphatic carbocycles. The lowest BCUT2D eigenvalue weighted by Crippen LogP contribution is -2.11. The lowest BCUT2D eigenvalue weighted by atomic mass is 10.2. The Bertz CT molecular complexity index is 578. The summed E-state index contributed by atoms with van der Waals surface area (Å²) in [6, 6.07) is 9.41. The molecule has 106 valence electrons. The number of anilines is 1. The van der Waals surface area contributed by atoms with E-state index in [2.05, 4.69) is 32.7 Å². The monoisotopic (exact) mass is 353 g/mol. The molecule has 0 unspecified atom stereocenters. The molecule has 0 radical (unpaired) electrons. The van der Waals surface area contributed by atoms with Crippen molar-refractivity contribution in [2.75, 3.05) is 5.32 Å². The van der Waals surface area contributed by atoms with Crippen LogP contribution in [0, 0.1) is 0 Å². The van der Waals surface area contributed by atoms with Crippen LogP contribution >= 0.6 is 27.3 Å². The molecule has 0 saturated heterocycles. The minimum Gasteiger partial charge on any atom is -0.459 e. The van der Waals surface area contributed by atoms with Crippen molar-refractivity contribution >= 4 is 38.9 Å². The highest BCUT2D eigenvalue weighted by Gasteiger charge is 2.08. The Hall–Kier alpha value is -1.33. The van der Waals surface area contributed by atoms with Crippen molar-refractivity contribution in [3.8, 4) is 0 Å². The lowest BCUT2D eigenvalue weighted by molar-refractivity contribution is 0.0378. The van der Waals surface area contributed by atoms with Crippen molar-refractivity contribution in [3.63, 3.8) is 0 Å². The van der Waals surface area contributed by atoms with E-state index < -0.39 is 0 Å². The van der Waals surface area contributed by atoms with E-state index in [9.17, 15) is 4.79 Å². The highest BCUT2D eigenvalue weighted by Crippen LogP contribution is 2.21. The number of benzene rings is 1. The minimum atomic E-state index is -0.284. The van der Waals surface area contributed by atoms with E-state index in [4.69, 9.17) is 4.74 Å². The molecule has 0 fully saturated rings. The van der Waals surface area contributed by atoms with Gasteiger partial charge in [0.2, 0.25) is 0 Å². The van der Waals surface area contributed by atoms with E-state index in [0.717, 1.165) is 16.0 Å². The molecule has 2 aromatic rings. The van der Waals surface area contributed by atoms with Gasteiger partial charge in [0.15, 0.2) is 0 Å². The van der Waals surface area contributed by atoms with Crippen LogP contribution < -0.4 is 5.32 Å². The molecule has 0 spiro atoms. The van der Waals surface area contributed by atoms with Gasteiger partial charge < -0.3 is 10.1 Å². The van der Waals surface area contributed by atoms with Crippen molar-refractivity contribution in [1.82, 2.24) is 0 Å². The zero-order valence-corrected chi connectivity index (χ0v) is 13.8. The molecule has 2 rings (SSSR count). The van der Waals surface area contributed by atoms with Crippen molar-refractivity contribution in [2.24, 2.45) is 0 Å². The standard InChI is InChI=1S/C15H16BrNO2S/c1-10(2)19-15(18)12-3-5-13(6-4-12)17-8-11-7-14(16)20-9-11/h3-7,9-10,17H,8H2,1-2H3. The van der Waals surface area contributed by atoms with E-state index in [1.54, 1.807) is 23.5 Å². The average molecular weight is 354 g/mol. The Morgan fingerprint density at radius 1 is 1.35 bits per heavy atom. The number of carbonyl (C=O) groups is 1. The summed E-state index contributed by atoms with van der Waals surface area (Å²) < 4.78 is 6.27. The summed E-state index contributed by atoms with van der Waals surface area (Å²) in [5, 5.41) is 5.42.